The molecule has 4 aliphatic rings. The molecule has 2 aliphatic heterocycles. The summed E-state index contributed by atoms with van der Waals surface area (Å²) < 4.78 is 24.2. The predicted molar refractivity (Wildman–Crippen MR) is 87.4 cm³/mol. The Balaban J connectivity index is 1.04. The van der Waals surface area contributed by atoms with Gasteiger partial charge in [0.2, 0.25) is 0 Å². The molecular formula is C18H34N2O4+2. The molecule has 4 N–H and O–H groups in total. The third-order valence-corrected chi connectivity index (χ3v) is 5.99. The van der Waals surface area contributed by atoms with E-state index in [2.05, 4.69) is 10.6 Å². The van der Waals surface area contributed by atoms with Crippen molar-refractivity contribution < 1.29 is 29.6 Å². The molecule has 24 heavy (non-hydrogen) atoms. The van der Waals surface area contributed by atoms with E-state index in [9.17, 15) is 0 Å². The van der Waals surface area contributed by atoms with Crippen LogP contribution in [0.4, 0.5) is 0 Å². The highest BCUT2D eigenvalue weighted by Gasteiger charge is 2.45. The molecule has 2 saturated heterocycles. The molecule has 0 unspecified atom stereocenters. The number of ether oxygens (including phenoxy) is 4. The van der Waals surface area contributed by atoms with Gasteiger partial charge in [0.25, 0.3) is 0 Å². The monoisotopic (exact) mass is 342 g/mol. The number of nitrogens with two attached hydrogens (primary N) is 2. The third kappa shape index (κ3) is 3.94. The van der Waals surface area contributed by atoms with Crippen LogP contribution >= 0.6 is 0 Å². The molecule has 0 aromatic carbocycles. The zero-order valence-electron chi connectivity index (χ0n) is 14.8. The average molecular weight is 342 g/mol. The maximum Gasteiger partial charge on any atom is 0.169 e. The van der Waals surface area contributed by atoms with Gasteiger partial charge in [-0.25, -0.2) is 0 Å². The quantitative estimate of drug-likeness (QED) is 0.611. The van der Waals surface area contributed by atoms with E-state index in [4.69, 9.17) is 18.9 Å². The molecule has 4 rings (SSSR count). The molecule has 2 spiro atoms. The highest BCUT2D eigenvalue weighted by Crippen LogP contribution is 2.39. The highest BCUT2D eigenvalue weighted by atomic mass is 16.7. The summed E-state index contributed by atoms with van der Waals surface area (Å²) in [5.41, 5.74) is 0. The molecule has 2 atom stereocenters. The fourth-order valence-electron chi connectivity index (χ4n) is 4.66. The SMILES string of the molecule is C1CCC2(C1)OC[C@H](C[NH2+]CC[NH2+]C[C@H]1COC3(CCCC3)O1)O2. The van der Waals surface area contributed by atoms with E-state index in [0.717, 1.165) is 65.1 Å². The number of hydrogen-bond acceptors (Lipinski definition) is 4. The van der Waals surface area contributed by atoms with E-state index in [0.29, 0.717) is 0 Å². The zero-order chi connectivity index (χ0) is 16.3. The predicted octanol–water partition coefficient (Wildman–Crippen LogP) is -0.515. The Morgan fingerprint density at radius 1 is 0.667 bits per heavy atom. The number of quaternary nitrogens is 2. The molecule has 2 saturated carbocycles. The van der Waals surface area contributed by atoms with Crippen molar-refractivity contribution in [1.29, 1.82) is 0 Å². The van der Waals surface area contributed by atoms with Gasteiger partial charge >= 0.3 is 0 Å². The lowest BCUT2D eigenvalue weighted by Crippen LogP contribution is -2.96. The van der Waals surface area contributed by atoms with Gasteiger partial charge in [0.05, 0.1) is 13.2 Å². The Labute approximate surface area is 144 Å². The van der Waals surface area contributed by atoms with Crippen LogP contribution in [-0.4, -0.2) is 63.2 Å². The molecule has 0 bridgehead atoms. The van der Waals surface area contributed by atoms with Gasteiger partial charge in [-0.1, -0.05) is 0 Å². The van der Waals surface area contributed by atoms with Crippen molar-refractivity contribution in [2.24, 2.45) is 0 Å². The van der Waals surface area contributed by atoms with E-state index in [1.807, 2.05) is 0 Å². The first-order valence-electron chi connectivity index (χ1n) is 10.0. The molecule has 2 aliphatic carbocycles. The second-order valence-electron chi connectivity index (χ2n) is 7.96. The van der Waals surface area contributed by atoms with Gasteiger partial charge in [-0.3, -0.25) is 0 Å². The fraction of sp³-hybridized carbons (Fsp3) is 1.00. The van der Waals surface area contributed by atoms with Crippen molar-refractivity contribution in [3.8, 4) is 0 Å². The van der Waals surface area contributed by atoms with Crippen molar-refractivity contribution in [3.63, 3.8) is 0 Å². The summed E-state index contributed by atoms with van der Waals surface area (Å²) in [4.78, 5) is 0. The molecule has 0 aromatic rings. The van der Waals surface area contributed by atoms with E-state index in [1.165, 1.54) is 25.7 Å². The summed E-state index contributed by atoms with van der Waals surface area (Å²) in [7, 11) is 0. The van der Waals surface area contributed by atoms with Gasteiger partial charge in [-0.15, -0.1) is 0 Å². The minimum absolute atomic E-state index is 0.208. The van der Waals surface area contributed by atoms with Crippen molar-refractivity contribution in [3.05, 3.63) is 0 Å². The normalized spacial score (nSPS) is 34.0. The molecule has 4 fully saturated rings. The topological polar surface area (TPSA) is 70.1 Å². The number of rotatable bonds is 7. The van der Waals surface area contributed by atoms with Gasteiger partial charge in [0, 0.05) is 25.7 Å². The van der Waals surface area contributed by atoms with Crippen molar-refractivity contribution in [2.75, 3.05) is 39.4 Å². The largest absolute Gasteiger partial charge is 0.347 e. The summed E-state index contributed by atoms with van der Waals surface area (Å²) >= 11 is 0. The maximum absolute atomic E-state index is 6.15. The van der Waals surface area contributed by atoms with Crippen LogP contribution in [-0.2, 0) is 18.9 Å². The molecule has 6 heteroatoms. The van der Waals surface area contributed by atoms with Gasteiger partial charge < -0.3 is 29.6 Å². The molecule has 2 heterocycles. The van der Waals surface area contributed by atoms with Crippen LogP contribution in [0, 0.1) is 0 Å². The minimum Gasteiger partial charge on any atom is -0.347 e. The summed E-state index contributed by atoms with van der Waals surface area (Å²) in [5.74, 6) is -0.415. The second kappa shape index (κ2) is 7.56. The molecule has 0 radical (unpaired) electrons. The standard InChI is InChI=1S/C18H32N2O4/c1-2-6-17(5-1)21-13-15(23-17)11-19-9-10-20-12-16-14-22-18(24-16)7-3-4-8-18/h15-16,19-20H,1-14H2/p+2/t15-,16-/m0/s1. The van der Waals surface area contributed by atoms with Crippen LogP contribution in [0.2, 0.25) is 0 Å². The molecular weight excluding hydrogens is 308 g/mol. The molecule has 0 aromatic heterocycles. The van der Waals surface area contributed by atoms with Crippen molar-refractivity contribution in [1.82, 2.24) is 0 Å². The van der Waals surface area contributed by atoms with Crippen molar-refractivity contribution >= 4 is 0 Å². The Hall–Kier alpha value is -0.240. The summed E-state index contributed by atoms with van der Waals surface area (Å²) in [6.45, 7) is 5.81. The second-order valence-corrected chi connectivity index (χ2v) is 7.96. The van der Waals surface area contributed by atoms with Gasteiger partial charge in [0.1, 0.15) is 38.4 Å². The highest BCUT2D eigenvalue weighted by molar-refractivity contribution is 4.84. The first kappa shape index (κ1) is 17.2. The maximum atomic E-state index is 6.15. The number of hydrogen-bond donors (Lipinski definition) is 2. The van der Waals surface area contributed by atoms with Crippen LogP contribution in [0.25, 0.3) is 0 Å². The van der Waals surface area contributed by atoms with E-state index in [-0.39, 0.29) is 23.8 Å². The van der Waals surface area contributed by atoms with E-state index in [1.54, 1.807) is 0 Å². The molecule has 138 valence electrons. The van der Waals surface area contributed by atoms with Crippen LogP contribution in [0.1, 0.15) is 51.4 Å². The van der Waals surface area contributed by atoms with Gasteiger partial charge in [-0.05, 0) is 25.7 Å². The Kier molecular flexibility index (Phi) is 5.41. The van der Waals surface area contributed by atoms with Crippen LogP contribution in [0.15, 0.2) is 0 Å². The summed E-state index contributed by atoms with van der Waals surface area (Å²) in [6, 6.07) is 0. The first-order chi connectivity index (χ1) is 11.8. The fourth-order valence-corrected chi connectivity index (χ4v) is 4.66. The summed E-state index contributed by atoms with van der Waals surface area (Å²) in [5, 5.41) is 4.73. The minimum atomic E-state index is -0.208. The average Bonchev–Trinajstić information content (AvgIpc) is 3.37. The Morgan fingerprint density at radius 2 is 1.08 bits per heavy atom. The lowest BCUT2D eigenvalue weighted by Gasteiger charge is -2.21. The first-order valence-corrected chi connectivity index (χ1v) is 10.0. The Morgan fingerprint density at radius 3 is 1.50 bits per heavy atom. The lowest BCUT2D eigenvalue weighted by molar-refractivity contribution is -0.728. The van der Waals surface area contributed by atoms with E-state index < -0.39 is 0 Å². The summed E-state index contributed by atoms with van der Waals surface area (Å²) in [6.07, 6.45) is 9.89. The van der Waals surface area contributed by atoms with Gasteiger partial charge in [0.15, 0.2) is 11.6 Å². The van der Waals surface area contributed by atoms with Gasteiger partial charge in [-0.2, -0.15) is 0 Å². The van der Waals surface area contributed by atoms with E-state index >= 15 is 0 Å². The van der Waals surface area contributed by atoms with Crippen LogP contribution in [0.5, 0.6) is 0 Å². The molecule has 6 nitrogen and oxygen atoms in total. The zero-order valence-corrected chi connectivity index (χ0v) is 14.8. The Bertz CT molecular complexity index is 370. The molecule has 0 amide bonds. The van der Waals surface area contributed by atoms with Crippen LogP contribution < -0.4 is 10.6 Å². The van der Waals surface area contributed by atoms with Crippen molar-refractivity contribution in [2.45, 2.75) is 75.1 Å². The smallest absolute Gasteiger partial charge is 0.169 e. The third-order valence-electron chi connectivity index (χ3n) is 5.99. The lowest BCUT2D eigenvalue weighted by atomic mass is 10.2. The van der Waals surface area contributed by atoms with Crippen LogP contribution in [0.3, 0.4) is 0 Å².